The lowest BCUT2D eigenvalue weighted by Gasteiger charge is -2.52. The van der Waals surface area contributed by atoms with Gasteiger partial charge in [-0.15, -0.1) is 0 Å². The second-order valence-electron chi connectivity index (χ2n) is 10.3. The lowest BCUT2D eigenvalue weighted by Crippen LogP contribution is -2.67. The van der Waals surface area contributed by atoms with Crippen molar-refractivity contribution in [3.63, 3.8) is 0 Å². The van der Waals surface area contributed by atoms with E-state index in [1.807, 2.05) is 29.2 Å². The number of carbonyl (C=O) groups is 1. The highest BCUT2D eigenvalue weighted by Crippen LogP contribution is 2.40. The number of rotatable bonds is 10. The van der Waals surface area contributed by atoms with Gasteiger partial charge in [-0.3, -0.25) is 9.69 Å². The van der Waals surface area contributed by atoms with Gasteiger partial charge in [-0.25, -0.2) is 25.6 Å². The number of ether oxygens (including phenoxy) is 1. The average molecular weight is 647 g/mol. The Morgan fingerprint density at radius 1 is 0.878 bits per heavy atom. The Hall–Kier alpha value is -2.57. The summed E-state index contributed by atoms with van der Waals surface area (Å²) in [5, 5.41) is -0.656. The van der Waals surface area contributed by atoms with Crippen LogP contribution in [0.2, 0.25) is 10.0 Å². The first-order chi connectivity index (χ1) is 19.1. The molecular weight excluding hydrogens is 619 g/mol. The summed E-state index contributed by atoms with van der Waals surface area (Å²) in [7, 11) is -8.36. The fourth-order valence-electron chi connectivity index (χ4n) is 5.19. The quantitative estimate of drug-likeness (QED) is 0.280. The van der Waals surface area contributed by atoms with Gasteiger partial charge in [-0.05, 0) is 53.1 Å². The predicted octanol–water partition coefficient (Wildman–Crippen LogP) is 5.18. The van der Waals surface area contributed by atoms with Crippen LogP contribution in [-0.2, 0) is 29.2 Å². The number of carbonyl (C=O) groups excluding carboxylic acids is 1. The molecule has 220 valence electrons. The number of halogens is 4. The minimum atomic E-state index is -4.25. The molecule has 1 saturated heterocycles. The largest absolute Gasteiger partial charge is 0.455 e. The van der Waals surface area contributed by atoms with E-state index in [1.165, 1.54) is 0 Å². The molecule has 0 saturated carbocycles. The summed E-state index contributed by atoms with van der Waals surface area (Å²) in [5.41, 5.74) is -0.102. The van der Waals surface area contributed by atoms with Crippen molar-refractivity contribution in [1.29, 1.82) is 0 Å². The van der Waals surface area contributed by atoms with E-state index in [0.717, 1.165) is 36.4 Å². The molecule has 1 aliphatic heterocycles. The fraction of sp³-hybridized carbons (Fsp3) is 0.321. The third-order valence-corrected chi connectivity index (χ3v) is 10.7. The van der Waals surface area contributed by atoms with Crippen LogP contribution in [0.5, 0.6) is 0 Å². The van der Waals surface area contributed by atoms with Gasteiger partial charge in [0.2, 0.25) is 0 Å². The number of nitrogens with zero attached hydrogens (tertiary/aromatic N) is 1. The molecule has 1 aliphatic rings. The van der Waals surface area contributed by atoms with Crippen molar-refractivity contribution in [1.82, 2.24) is 4.90 Å². The van der Waals surface area contributed by atoms with Gasteiger partial charge in [0.05, 0.1) is 17.5 Å². The lowest BCUT2D eigenvalue weighted by atomic mass is 9.88. The number of hydrogen-bond donors (Lipinski definition) is 0. The normalized spacial score (nSPS) is 16.3. The molecule has 0 amide bonds. The Morgan fingerprint density at radius 3 is 1.76 bits per heavy atom. The van der Waals surface area contributed by atoms with Gasteiger partial charge < -0.3 is 4.74 Å². The van der Waals surface area contributed by atoms with Gasteiger partial charge in [0.1, 0.15) is 16.9 Å². The zero-order valence-electron chi connectivity index (χ0n) is 22.1. The maximum Gasteiger partial charge on any atom is 0.303 e. The van der Waals surface area contributed by atoms with Gasteiger partial charge >= 0.3 is 5.97 Å². The number of esters is 1. The third kappa shape index (κ3) is 7.84. The predicted molar refractivity (Wildman–Crippen MR) is 153 cm³/mol. The summed E-state index contributed by atoms with van der Waals surface area (Å²) >= 11 is 12.2. The monoisotopic (exact) mass is 645 g/mol. The van der Waals surface area contributed by atoms with Crippen LogP contribution in [-0.4, -0.2) is 64.2 Å². The van der Waals surface area contributed by atoms with Gasteiger partial charge in [0, 0.05) is 42.4 Å². The van der Waals surface area contributed by atoms with Gasteiger partial charge in [0.15, 0.2) is 25.3 Å². The van der Waals surface area contributed by atoms with Crippen LogP contribution >= 0.6 is 23.2 Å². The Kier molecular flexibility index (Phi) is 9.15. The summed E-state index contributed by atoms with van der Waals surface area (Å²) in [5.74, 6) is -4.41. The molecule has 1 unspecified atom stereocenters. The molecule has 0 radical (unpaired) electrons. The van der Waals surface area contributed by atoms with Crippen LogP contribution in [0.25, 0.3) is 0 Å². The van der Waals surface area contributed by atoms with E-state index in [4.69, 9.17) is 27.9 Å². The second kappa shape index (κ2) is 12.0. The van der Waals surface area contributed by atoms with Crippen molar-refractivity contribution >= 4 is 48.8 Å². The molecule has 1 atom stereocenters. The molecule has 13 heteroatoms. The fourth-order valence-corrected chi connectivity index (χ4v) is 9.50. The molecule has 0 aliphatic carbocycles. The van der Waals surface area contributed by atoms with E-state index in [1.54, 1.807) is 24.3 Å². The van der Waals surface area contributed by atoms with Crippen molar-refractivity contribution in [2.45, 2.75) is 23.8 Å². The first-order valence-corrected chi connectivity index (χ1v) is 16.9. The molecule has 1 fully saturated rings. The van der Waals surface area contributed by atoms with Gasteiger partial charge in [-0.1, -0.05) is 47.5 Å². The number of hydrogen-bond acceptors (Lipinski definition) is 7. The van der Waals surface area contributed by atoms with E-state index in [9.17, 15) is 30.4 Å². The van der Waals surface area contributed by atoms with Crippen molar-refractivity contribution in [3.8, 4) is 0 Å². The van der Waals surface area contributed by atoms with Crippen molar-refractivity contribution in [2.75, 3.05) is 30.9 Å². The second-order valence-corrected chi connectivity index (χ2v) is 15.5. The molecule has 1 heterocycles. The summed E-state index contributed by atoms with van der Waals surface area (Å²) in [6, 6.07) is 16.0. The minimum Gasteiger partial charge on any atom is -0.455 e. The molecule has 0 N–H and O–H groups in total. The van der Waals surface area contributed by atoms with Crippen molar-refractivity contribution < 1.29 is 35.1 Å². The molecule has 0 aromatic heterocycles. The lowest BCUT2D eigenvalue weighted by molar-refractivity contribution is -0.175. The van der Waals surface area contributed by atoms with Gasteiger partial charge in [-0.2, -0.15) is 0 Å². The molecule has 0 spiro atoms. The first-order valence-electron chi connectivity index (χ1n) is 12.4. The van der Waals surface area contributed by atoms with E-state index < -0.39 is 59.6 Å². The number of sulfone groups is 2. The smallest absolute Gasteiger partial charge is 0.303 e. The van der Waals surface area contributed by atoms with Gasteiger partial charge in [0.25, 0.3) is 0 Å². The van der Waals surface area contributed by atoms with Crippen LogP contribution in [0, 0.1) is 11.6 Å². The third-order valence-electron chi connectivity index (χ3n) is 6.74. The maximum atomic E-state index is 13.9. The van der Waals surface area contributed by atoms with Crippen LogP contribution in [0.15, 0.2) is 66.7 Å². The van der Waals surface area contributed by atoms with Crippen LogP contribution in [0.3, 0.4) is 0 Å². The summed E-state index contributed by atoms with van der Waals surface area (Å²) in [6.07, 6.45) is 0.797. The topological polar surface area (TPSA) is 97.8 Å². The summed E-state index contributed by atoms with van der Waals surface area (Å²) < 4.78 is 85.2. The molecule has 3 aromatic rings. The van der Waals surface area contributed by atoms with E-state index in [2.05, 4.69) is 0 Å². The molecule has 3 aromatic carbocycles. The van der Waals surface area contributed by atoms with Crippen LogP contribution in [0.1, 0.15) is 34.9 Å². The Labute approximate surface area is 247 Å². The minimum absolute atomic E-state index is 0.0138. The highest BCUT2D eigenvalue weighted by atomic mass is 35.5. The maximum absolute atomic E-state index is 13.9. The zero-order valence-corrected chi connectivity index (χ0v) is 25.2. The molecule has 41 heavy (non-hydrogen) atoms. The Balaban J connectivity index is 1.63. The van der Waals surface area contributed by atoms with E-state index in [0.29, 0.717) is 16.1 Å². The van der Waals surface area contributed by atoms with Crippen LogP contribution in [0.4, 0.5) is 8.78 Å². The molecule has 7 nitrogen and oxygen atoms in total. The summed E-state index contributed by atoms with van der Waals surface area (Å²) in [4.78, 5) is 14.0. The Morgan fingerprint density at radius 2 is 1.34 bits per heavy atom. The van der Waals surface area contributed by atoms with E-state index >= 15 is 0 Å². The van der Waals surface area contributed by atoms with Crippen molar-refractivity contribution in [3.05, 3.63) is 105 Å². The highest BCUT2D eigenvalue weighted by Gasteiger charge is 2.52. The number of benzene rings is 3. The standard InChI is InChI=1S/C28H27Cl2F2NO6S2/c1-18(34)39-28(17-41(37,38)14-26(40(2,35)36)21-11-24(31)13-25(32)12-21)15-33(16-28)27(19-3-7-22(29)8-4-19)20-5-9-23(30)10-6-20/h3-13,26-27H,14-17H2,1-2H3. The molecular formula is C28H27Cl2F2NO6S2. The Bertz CT molecular complexity index is 1580. The SMILES string of the molecule is CC(=O)OC1(CS(=O)(=O)CC(c2cc(F)cc(F)c2)S(C)(=O)=O)CN(C(c2ccc(Cl)cc2)c2ccc(Cl)cc2)C1. The van der Waals surface area contributed by atoms with E-state index in [-0.39, 0.29) is 24.7 Å². The highest BCUT2D eigenvalue weighted by molar-refractivity contribution is 7.95. The summed E-state index contributed by atoms with van der Waals surface area (Å²) in [6.45, 7) is 1.18. The number of likely N-dealkylation sites (tertiary alicyclic amines) is 1. The molecule has 0 bridgehead atoms. The molecule has 4 rings (SSSR count). The first kappa shape index (κ1) is 31.4. The van der Waals surface area contributed by atoms with Crippen LogP contribution < -0.4 is 0 Å². The van der Waals surface area contributed by atoms with Crippen molar-refractivity contribution in [2.24, 2.45) is 0 Å². The zero-order chi connectivity index (χ0) is 30.2. The average Bonchev–Trinajstić information content (AvgIpc) is 2.82.